The lowest BCUT2D eigenvalue weighted by Crippen LogP contribution is -2.36. The molecular formula is C26H20Cl5N2O2+. The summed E-state index contributed by atoms with van der Waals surface area (Å²) in [6.07, 6.45) is 5.16. The van der Waals surface area contributed by atoms with E-state index in [1.54, 1.807) is 48.5 Å². The predicted molar refractivity (Wildman–Crippen MR) is 141 cm³/mol. The third-order valence-electron chi connectivity index (χ3n) is 5.38. The molecule has 4 rings (SSSR count). The topological polar surface area (TPSA) is 35.1 Å². The first-order valence-corrected chi connectivity index (χ1v) is 12.5. The molecule has 0 aliphatic heterocycles. The molecule has 0 saturated carbocycles. The lowest BCUT2D eigenvalue weighted by Gasteiger charge is -2.19. The summed E-state index contributed by atoms with van der Waals surface area (Å²) in [6, 6.07) is 17.4. The van der Waals surface area contributed by atoms with Gasteiger partial charge in [-0.2, -0.15) is 0 Å². The van der Waals surface area contributed by atoms with Gasteiger partial charge in [-0.05, 0) is 54.1 Å². The normalized spacial score (nSPS) is 12.0. The van der Waals surface area contributed by atoms with Gasteiger partial charge >= 0.3 is 0 Å². The van der Waals surface area contributed by atoms with Crippen molar-refractivity contribution in [3.63, 3.8) is 0 Å². The first-order valence-electron chi connectivity index (χ1n) is 10.6. The molecule has 1 aromatic heterocycles. The minimum absolute atomic E-state index is 0.0182. The number of imidazole rings is 1. The molecule has 0 radical (unpaired) electrons. The van der Waals surface area contributed by atoms with Crippen molar-refractivity contribution in [2.75, 3.05) is 0 Å². The molecular weight excluding hydrogens is 550 g/mol. The number of aromatic nitrogens is 2. The molecule has 0 spiro atoms. The van der Waals surface area contributed by atoms with Gasteiger partial charge in [0.05, 0.1) is 6.61 Å². The zero-order valence-electron chi connectivity index (χ0n) is 18.3. The van der Waals surface area contributed by atoms with Gasteiger partial charge in [-0.25, -0.2) is 9.13 Å². The predicted octanol–water partition coefficient (Wildman–Crippen LogP) is 7.88. The Kier molecular flexibility index (Phi) is 8.77. The van der Waals surface area contributed by atoms with Crippen LogP contribution < -0.4 is 4.57 Å². The van der Waals surface area contributed by atoms with Crippen LogP contribution in [0, 0.1) is 0 Å². The first kappa shape index (κ1) is 26.0. The number of rotatable bonds is 9. The minimum atomic E-state index is -0.403. The summed E-state index contributed by atoms with van der Waals surface area (Å²) in [6.45, 7) is 0.910. The number of hydrogen-bond acceptors (Lipinski definition) is 2. The molecule has 0 fully saturated rings. The Labute approximate surface area is 228 Å². The third kappa shape index (κ3) is 7.01. The summed E-state index contributed by atoms with van der Waals surface area (Å²) in [4.78, 5) is 12.6. The molecule has 4 nitrogen and oxygen atoms in total. The van der Waals surface area contributed by atoms with Gasteiger partial charge in [-0.3, -0.25) is 4.79 Å². The Morgan fingerprint density at radius 2 is 1.51 bits per heavy atom. The molecule has 0 N–H and O–H groups in total. The van der Waals surface area contributed by atoms with E-state index < -0.39 is 6.10 Å². The summed E-state index contributed by atoms with van der Waals surface area (Å²) in [7, 11) is 0. The molecule has 0 bridgehead atoms. The fraction of sp³-hybridized carbons (Fsp3) is 0.154. The molecule has 180 valence electrons. The molecule has 1 atom stereocenters. The van der Waals surface area contributed by atoms with Crippen molar-refractivity contribution in [2.24, 2.45) is 0 Å². The van der Waals surface area contributed by atoms with Crippen molar-refractivity contribution < 1.29 is 14.1 Å². The van der Waals surface area contributed by atoms with Gasteiger partial charge in [0, 0.05) is 36.2 Å². The van der Waals surface area contributed by atoms with Gasteiger partial charge in [0.1, 0.15) is 25.0 Å². The number of nitrogens with zero attached hydrogens (tertiary/aromatic N) is 2. The second kappa shape index (κ2) is 11.8. The molecule has 0 aliphatic carbocycles. The van der Waals surface area contributed by atoms with Crippen LogP contribution in [0.15, 0.2) is 79.4 Å². The van der Waals surface area contributed by atoms with Gasteiger partial charge in [-0.1, -0.05) is 70.1 Å². The van der Waals surface area contributed by atoms with Crippen molar-refractivity contribution in [3.8, 4) is 0 Å². The maximum atomic E-state index is 12.6. The molecule has 1 heterocycles. The Morgan fingerprint density at radius 3 is 2.20 bits per heavy atom. The quantitative estimate of drug-likeness (QED) is 0.152. The van der Waals surface area contributed by atoms with Crippen LogP contribution in [0.4, 0.5) is 0 Å². The van der Waals surface area contributed by atoms with E-state index in [9.17, 15) is 4.79 Å². The average molecular weight is 570 g/mol. The Morgan fingerprint density at radius 1 is 0.857 bits per heavy atom. The summed E-state index contributed by atoms with van der Waals surface area (Å²) >= 11 is 30.9. The molecule has 0 amide bonds. The van der Waals surface area contributed by atoms with Crippen molar-refractivity contribution in [1.29, 1.82) is 0 Å². The number of ether oxygens (including phenoxy) is 1. The van der Waals surface area contributed by atoms with E-state index in [2.05, 4.69) is 0 Å². The number of carbonyl (C=O) groups is 1. The van der Waals surface area contributed by atoms with Gasteiger partial charge in [0.25, 0.3) is 0 Å². The van der Waals surface area contributed by atoms with E-state index in [1.807, 2.05) is 40.0 Å². The van der Waals surface area contributed by atoms with Crippen LogP contribution in [-0.4, -0.2) is 10.4 Å². The largest absolute Gasteiger partial charge is 0.365 e. The molecule has 0 saturated heterocycles. The van der Waals surface area contributed by atoms with E-state index in [1.165, 1.54) is 0 Å². The van der Waals surface area contributed by atoms with Crippen molar-refractivity contribution in [2.45, 2.75) is 25.8 Å². The minimum Gasteiger partial charge on any atom is -0.365 e. The maximum Gasteiger partial charge on any atom is 0.244 e. The molecule has 0 aliphatic rings. The van der Waals surface area contributed by atoms with Crippen LogP contribution in [0.2, 0.25) is 25.1 Å². The average Bonchev–Trinajstić information content (AvgIpc) is 3.25. The fourth-order valence-electron chi connectivity index (χ4n) is 3.56. The van der Waals surface area contributed by atoms with Crippen LogP contribution >= 0.6 is 58.0 Å². The van der Waals surface area contributed by atoms with E-state index in [4.69, 9.17) is 62.7 Å². The van der Waals surface area contributed by atoms with Crippen molar-refractivity contribution in [3.05, 3.63) is 121 Å². The highest BCUT2D eigenvalue weighted by atomic mass is 35.5. The second-order valence-electron chi connectivity index (χ2n) is 7.91. The second-order valence-corrected chi connectivity index (χ2v) is 10.0. The Balaban J connectivity index is 1.51. The van der Waals surface area contributed by atoms with Crippen LogP contribution in [-0.2, 0) is 24.4 Å². The number of halogens is 5. The van der Waals surface area contributed by atoms with Crippen LogP contribution in [0.5, 0.6) is 0 Å². The fourth-order valence-corrected chi connectivity index (χ4v) is 4.68. The van der Waals surface area contributed by atoms with E-state index in [0.29, 0.717) is 37.2 Å². The van der Waals surface area contributed by atoms with E-state index >= 15 is 0 Å². The summed E-state index contributed by atoms with van der Waals surface area (Å²) < 4.78 is 10.0. The summed E-state index contributed by atoms with van der Waals surface area (Å²) in [5.41, 5.74) is 2.20. The molecule has 3 aromatic carbocycles. The van der Waals surface area contributed by atoms with Crippen molar-refractivity contribution >= 4 is 63.8 Å². The van der Waals surface area contributed by atoms with Crippen LogP contribution in [0.25, 0.3) is 0 Å². The van der Waals surface area contributed by atoms with E-state index in [-0.39, 0.29) is 18.9 Å². The smallest absolute Gasteiger partial charge is 0.244 e. The van der Waals surface area contributed by atoms with Crippen LogP contribution in [0.3, 0.4) is 0 Å². The molecule has 1 unspecified atom stereocenters. The lowest BCUT2D eigenvalue weighted by molar-refractivity contribution is -0.682. The standard InChI is InChI=1S/C26H20Cl5N2O2/c27-19-4-1-17(2-5-19)25(34)13-32-9-10-33(16-32)14-26(22-8-7-21(29)12-24(22)31)35-15-18-3-6-20(28)11-23(18)30/h1-12,16,26H,13-15H2/q+1. The molecule has 9 heteroatoms. The monoisotopic (exact) mass is 567 g/mol. The van der Waals surface area contributed by atoms with Crippen molar-refractivity contribution in [1.82, 2.24) is 4.57 Å². The van der Waals surface area contributed by atoms with Crippen LogP contribution in [0.1, 0.15) is 27.6 Å². The summed E-state index contributed by atoms with van der Waals surface area (Å²) in [5.74, 6) is -0.0182. The SMILES string of the molecule is O=C(C[n+]1ccn(CC(OCc2ccc(Cl)cc2Cl)c2ccc(Cl)cc2Cl)c1)c1ccc(Cl)cc1. The Hall–Kier alpha value is -2.05. The van der Waals surface area contributed by atoms with Gasteiger partial charge < -0.3 is 4.74 Å². The van der Waals surface area contributed by atoms with Gasteiger partial charge in [-0.15, -0.1) is 0 Å². The first-order chi connectivity index (χ1) is 16.8. The zero-order chi connectivity index (χ0) is 24.9. The van der Waals surface area contributed by atoms with Gasteiger partial charge in [0.2, 0.25) is 12.1 Å². The van der Waals surface area contributed by atoms with E-state index in [0.717, 1.165) is 11.1 Å². The highest BCUT2D eigenvalue weighted by Crippen LogP contribution is 2.31. The lowest BCUT2D eigenvalue weighted by atomic mass is 10.1. The number of ketones is 1. The maximum absolute atomic E-state index is 12.6. The number of benzene rings is 3. The Bertz CT molecular complexity index is 1340. The molecule has 4 aromatic rings. The zero-order valence-corrected chi connectivity index (χ0v) is 22.1. The molecule has 35 heavy (non-hydrogen) atoms. The highest BCUT2D eigenvalue weighted by molar-refractivity contribution is 6.35. The highest BCUT2D eigenvalue weighted by Gasteiger charge is 2.21. The number of hydrogen-bond donors (Lipinski definition) is 0. The number of Topliss-reactive ketones (excluding diaryl/α,β-unsaturated/α-hetero) is 1. The van der Waals surface area contributed by atoms with Gasteiger partial charge in [0.15, 0.2) is 6.54 Å². The third-order valence-corrected chi connectivity index (χ3v) is 6.78. The number of carbonyl (C=O) groups excluding carboxylic acids is 1. The summed E-state index contributed by atoms with van der Waals surface area (Å²) in [5, 5.41) is 2.71.